The Balaban J connectivity index is 3.49. The number of ether oxygens (including phenoxy) is 2. The van der Waals surface area contributed by atoms with E-state index in [4.69, 9.17) is 9.47 Å². The van der Waals surface area contributed by atoms with Gasteiger partial charge >= 0.3 is 11.9 Å². The average molecular weight is 419 g/mol. The smallest absolute Gasteiger partial charge is 0.306 e. The summed E-state index contributed by atoms with van der Waals surface area (Å²) in [6.07, 6.45) is 14.8. The van der Waals surface area contributed by atoms with Crippen LogP contribution in [0.5, 0.6) is 0 Å². The molecule has 6 heteroatoms. The molecule has 0 aliphatic carbocycles. The molecule has 0 radical (unpaired) electrons. The molecule has 5 nitrogen and oxygen atoms in total. The number of unbranched alkanes of at least 4 members (excludes halogenated alkanes) is 10. The summed E-state index contributed by atoms with van der Waals surface area (Å²) >= 11 is 0. The van der Waals surface area contributed by atoms with Crippen molar-refractivity contribution in [3.63, 3.8) is 0 Å². The highest BCUT2D eigenvalue weighted by Gasteiger charge is 2.10. The Morgan fingerprint density at radius 1 is 0.607 bits per heavy atom. The second-order valence-corrected chi connectivity index (χ2v) is 9.59. The van der Waals surface area contributed by atoms with E-state index in [2.05, 4.69) is 13.8 Å². The summed E-state index contributed by atoms with van der Waals surface area (Å²) in [5.74, 6) is -0.560. The second-order valence-electron chi connectivity index (χ2n) is 7.52. The first kappa shape index (κ1) is 27.2. The molecule has 0 atom stereocenters. The standard InChI is InChI=1S/C22H43O5P/c1-3-5-7-9-11-13-17-26-21(23)15-19-28(25)20-16-22(24)27-18-14-12-10-8-6-4-2/h28H,3-20H2,1-2H3. The zero-order valence-corrected chi connectivity index (χ0v) is 19.3. The predicted molar refractivity (Wildman–Crippen MR) is 117 cm³/mol. The summed E-state index contributed by atoms with van der Waals surface area (Å²) < 4.78 is 22.3. The Labute approximate surface area is 173 Å². The van der Waals surface area contributed by atoms with E-state index in [0.717, 1.165) is 25.7 Å². The summed E-state index contributed by atoms with van der Waals surface area (Å²) in [4.78, 5) is 23.3. The van der Waals surface area contributed by atoms with Crippen LogP contribution in [0, 0.1) is 0 Å². The van der Waals surface area contributed by atoms with E-state index in [1.165, 1.54) is 51.4 Å². The molecule has 0 aromatic carbocycles. The number of rotatable bonds is 20. The Bertz CT molecular complexity index is 376. The van der Waals surface area contributed by atoms with E-state index in [9.17, 15) is 14.2 Å². The number of hydrogen-bond donors (Lipinski definition) is 0. The van der Waals surface area contributed by atoms with Crippen LogP contribution in [0.4, 0.5) is 0 Å². The van der Waals surface area contributed by atoms with Crippen LogP contribution in [0.2, 0.25) is 0 Å². The van der Waals surface area contributed by atoms with E-state index in [1.807, 2.05) is 0 Å². The molecular formula is C22H43O5P. The lowest BCUT2D eigenvalue weighted by atomic mass is 10.1. The third-order valence-electron chi connectivity index (χ3n) is 4.74. The van der Waals surface area contributed by atoms with E-state index in [-0.39, 0.29) is 24.8 Å². The monoisotopic (exact) mass is 418 g/mol. The topological polar surface area (TPSA) is 69.7 Å². The highest BCUT2D eigenvalue weighted by molar-refractivity contribution is 7.44. The number of esters is 2. The molecule has 0 aromatic rings. The zero-order chi connectivity index (χ0) is 20.9. The minimum atomic E-state index is -1.92. The van der Waals surface area contributed by atoms with Gasteiger partial charge in [0, 0.05) is 12.3 Å². The fourth-order valence-corrected chi connectivity index (χ4v) is 4.11. The maximum absolute atomic E-state index is 12.0. The minimum absolute atomic E-state index is 0.181. The van der Waals surface area contributed by atoms with E-state index in [0.29, 0.717) is 25.5 Å². The largest absolute Gasteiger partial charge is 0.466 e. The summed E-state index contributed by atoms with van der Waals surface area (Å²) in [7, 11) is -1.92. The van der Waals surface area contributed by atoms with Crippen molar-refractivity contribution in [2.24, 2.45) is 0 Å². The van der Waals surface area contributed by atoms with Crippen molar-refractivity contribution in [3.8, 4) is 0 Å². The van der Waals surface area contributed by atoms with Crippen LogP contribution in [0.15, 0.2) is 0 Å². The van der Waals surface area contributed by atoms with Crippen LogP contribution in [0.3, 0.4) is 0 Å². The van der Waals surface area contributed by atoms with Crippen molar-refractivity contribution >= 4 is 19.7 Å². The molecular weight excluding hydrogens is 375 g/mol. The van der Waals surface area contributed by atoms with Gasteiger partial charge < -0.3 is 14.0 Å². The molecule has 0 spiro atoms. The zero-order valence-electron chi connectivity index (χ0n) is 18.3. The first-order chi connectivity index (χ1) is 13.6. The normalized spacial score (nSPS) is 11.0. The van der Waals surface area contributed by atoms with Crippen LogP contribution in [-0.2, 0) is 23.6 Å². The summed E-state index contributed by atoms with van der Waals surface area (Å²) in [6, 6.07) is 0. The fraction of sp³-hybridized carbons (Fsp3) is 0.909. The van der Waals surface area contributed by atoms with Gasteiger partial charge in [0.25, 0.3) is 0 Å². The van der Waals surface area contributed by atoms with Gasteiger partial charge in [0.05, 0.1) is 33.9 Å². The second kappa shape index (κ2) is 20.9. The summed E-state index contributed by atoms with van der Waals surface area (Å²) in [6.45, 7) is 5.28. The number of carbonyl (C=O) groups is 2. The van der Waals surface area contributed by atoms with Gasteiger partial charge in [-0.05, 0) is 12.8 Å². The molecule has 166 valence electrons. The number of carbonyl (C=O) groups excluding carboxylic acids is 2. The van der Waals surface area contributed by atoms with Gasteiger partial charge in [-0.2, -0.15) is 0 Å². The van der Waals surface area contributed by atoms with Crippen molar-refractivity contribution < 1.29 is 23.6 Å². The molecule has 0 saturated carbocycles. The van der Waals surface area contributed by atoms with E-state index >= 15 is 0 Å². The molecule has 0 rings (SSSR count). The van der Waals surface area contributed by atoms with Crippen LogP contribution in [0.25, 0.3) is 0 Å². The van der Waals surface area contributed by atoms with Crippen molar-refractivity contribution in [1.29, 1.82) is 0 Å². The van der Waals surface area contributed by atoms with Crippen molar-refractivity contribution in [1.82, 2.24) is 0 Å². The van der Waals surface area contributed by atoms with Crippen LogP contribution >= 0.6 is 7.80 Å². The Morgan fingerprint density at radius 3 is 1.36 bits per heavy atom. The van der Waals surface area contributed by atoms with Crippen molar-refractivity contribution in [2.75, 3.05) is 25.5 Å². The third kappa shape index (κ3) is 19.9. The Morgan fingerprint density at radius 2 is 0.964 bits per heavy atom. The van der Waals surface area contributed by atoms with Gasteiger partial charge in [-0.3, -0.25) is 9.59 Å². The lowest BCUT2D eigenvalue weighted by Gasteiger charge is -2.06. The van der Waals surface area contributed by atoms with Crippen LogP contribution in [-0.4, -0.2) is 37.5 Å². The Kier molecular flexibility index (Phi) is 20.3. The third-order valence-corrected chi connectivity index (χ3v) is 6.35. The molecule has 0 saturated heterocycles. The van der Waals surface area contributed by atoms with Crippen LogP contribution in [0.1, 0.15) is 104 Å². The maximum Gasteiger partial charge on any atom is 0.306 e. The van der Waals surface area contributed by atoms with Crippen molar-refractivity contribution in [3.05, 3.63) is 0 Å². The molecule has 0 bridgehead atoms. The average Bonchev–Trinajstić information content (AvgIpc) is 2.69. The van der Waals surface area contributed by atoms with Gasteiger partial charge in [0.1, 0.15) is 0 Å². The quantitative estimate of drug-likeness (QED) is 0.135. The minimum Gasteiger partial charge on any atom is -0.466 e. The van der Waals surface area contributed by atoms with Gasteiger partial charge in [-0.15, -0.1) is 0 Å². The molecule has 0 heterocycles. The maximum atomic E-state index is 12.0. The molecule has 0 unspecified atom stereocenters. The lowest BCUT2D eigenvalue weighted by Crippen LogP contribution is -2.09. The van der Waals surface area contributed by atoms with Gasteiger partial charge in [-0.25, -0.2) is 0 Å². The van der Waals surface area contributed by atoms with E-state index < -0.39 is 7.80 Å². The fourth-order valence-electron chi connectivity index (χ4n) is 2.89. The molecule has 28 heavy (non-hydrogen) atoms. The molecule has 0 fully saturated rings. The molecule has 0 N–H and O–H groups in total. The first-order valence-electron chi connectivity index (χ1n) is 11.4. The molecule has 0 aliphatic heterocycles. The van der Waals surface area contributed by atoms with Crippen molar-refractivity contribution in [2.45, 2.75) is 104 Å². The number of hydrogen-bond acceptors (Lipinski definition) is 5. The SMILES string of the molecule is CCCCCCCCOC(=O)CC[PH](=O)CCC(=O)OCCCCCCCC. The first-order valence-corrected chi connectivity index (χ1v) is 13.2. The lowest BCUT2D eigenvalue weighted by molar-refractivity contribution is -0.144. The summed E-state index contributed by atoms with van der Waals surface area (Å²) in [5.41, 5.74) is 0. The molecule has 0 amide bonds. The summed E-state index contributed by atoms with van der Waals surface area (Å²) in [5, 5.41) is 0. The Hall–Kier alpha value is -0.830. The van der Waals surface area contributed by atoms with Gasteiger partial charge in [-0.1, -0.05) is 78.1 Å². The molecule has 0 aliphatic rings. The van der Waals surface area contributed by atoms with Gasteiger partial charge in [0.15, 0.2) is 0 Å². The van der Waals surface area contributed by atoms with E-state index in [1.54, 1.807) is 0 Å². The van der Waals surface area contributed by atoms with Crippen LogP contribution < -0.4 is 0 Å². The van der Waals surface area contributed by atoms with Gasteiger partial charge in [0.2, 0.25) is 0 Å². The highest BCUT2D eigenvalue weighted by Crippen LogP contribution is 2.23. The predicted octanol–water partition coefficient (Wildman–Crippen LogP) is 6.13. The molecule has 0 aromatic heterocycles. The highest BCUT2D eigenvalue weighted by atomic mass is 31.1.